The van der Waals surface area contributed by atoms with Crippen LogP contribution in [0.1, 0.15) is 12.0 Å². The lowest BCUT2D eigenvalue weighted by Crippen LogP contribution is -2.35. The molecule has 0 unspecified atom stereocenters. The van der Waals surface area contributed by atoms with Gasteiger partial charge in [0.05, 0.1) is 10.7 Å². The molecule has 0 fully saturated rings. The first-order chi connectivity index (χ1) is 7.50. The van der Waals surface area contributed by atoms with Gasteiger partial charge in [-0.05, 0) is 12.1 Å². The summed E-state index contributed by atoms with van der Waals surface area (Å²) in [6.45, 7) is -0.327. The van der Waals surface area contributed by atoms with E-state index < -0.39 is 11.5 Å². The van der Waals surface area contributed by atoms with Crippen LogP contribution in [-0.4, -0.2) is 22.7 Å². The molecule has 2 rings (SSSR count). The first-order valence-electron chi connectivity index (χ1n) is 4.64. The van der Waals surface area contributed by atoms with Gasteiger partial charge in [0.2, 0.25) is 0 Å². The van der Waals surface area contributed by atoms with Gasteiger partial charge in [0.1, 0.15) is 0 Å². The Balaban J connectivity index is 2.64. The van der Waals surface area contributed by atoms with E-state index in [2.05, 4.69) is 5.32 Å². The van der Waals surface area contributed by atoms with Crippen LogP contribution in [0.15, 0.2) is 12.1 Å². The summed E-state index contributed by atoms with van der Waals surface area (Å²) in [6, 6.07) is 3.04. The number of hydrogen-bond acceptors (Lipinski definition) is 3. The molecule has 1 aromatic carbocycles. The van der Waals surface area contributed by atoms with Crippen molar-refractivity contribution in [2.45, 2.75) is 12.0 Å². The minimum atomic E-state index is -1.80. The Labute approximate surface area is 102 Å². The molecule has 1 amide bonds. The van der Waals surface area contributed by atoms with Crippen LogP contribution in [0, 0.1) is 0 Å². The van der Waals surface area contributed by atoms with Crippen LogP contribution in [-0.2, 0) is 10.4 Å². The number of amides is 1. The molecule has 0 saturated carbocycles. The standard InChI is InChI=1S/C10H9Cl2NO3/c11-5-1-2-6(12)8-7(5)10(16,3-4-14)9(15)13-8/h1-2,14,16H,3-4H2,(H,13,15)/t10-/m0/s1. The number of carbonyl (C=O) groups is 1. The summed E-state index contributed by atoms with van der Waals surface area (Å²) in [5, 5.41) is 22.1. The Hall–Kier alpha value is -0.810. The van der Waals surface area contributed by atoms with Gasteiger partial charge in [-0.2, -0.15) is 0 Å². The van der Waals surface area contributed by atoms with Crippen molar-refractivity contribution in [2.24, 2.45) is 0 Å². The average molecular weight is 262 g/mol. The summed E-state index contributed by atoms with van der Waals surface area (Å²) < 4.78 is 0. The van der Waals surface area contributed by atoms with Crippen molar-refractivity contribution in [3.05, 3.63) is 27.7 Å². The third kappa shape index (κ3) is 1.50. The van der Waals surface area contributed by atoms with E-state index >= 15 is 0 Å². The third-order valence-corrected chi connectivity index (χ3v) is 3.23. The van der Waals surface area contributed by atoms with Crippen LogP contribution in [0.3, 0.4) is 0 Å². The van der Waals surface area contributed by atoms with Crippen LogP contribution in [0.25, 0.3) is 0 Å². The van der Waals surface area contributed by atoms with Crippen molar-refractivity contribution < 1.29 is 15.0 Å². The van der Waals surface area contributed by atoms with Crippen LogP contribution in [0.2, 0.25) is 10.0 Å². The number of aliphatic hydroxyl groups excluding tert-OH is 1. The lowest BCUT2D eigenvalue weighted by Gasteiger charge is -2.20. The molecule has 1 atom stereocenters. The molecule has 4 nitrogen and oxygen atoms in total. The maximum absolute atomic E-state index is 11.7. The smallest absolute Gasteiger partial charge is 0.261 e. The minimum Gasteiger partial charge on any atom is -0.396 e. The van der Waals surface area contributed by atoms with E-state index in [1.807, 2.05) is 0 Å². The van der Waals surface area contributed by atoms with Crippen LogP contribution in [0.4, 0.5) is 5.69 Å². The number of aliphatic hydroxyl groups is 2. The minimum absolute atomic E-state index is 0.119. The molecule has 0 radical (unpaired) electrons. The van der Waals surface area contributed by atoms with E-state index in [4.69, 9.17) is 28.3 Å². The number of rotatable bonds is 2. The van der Waals surface area contributed by atoms with Crippen molar-refractivity contribution >= 4 is 34.8 Å². The number of benzene rings is 1. The number of nitrogens with one attached hydrogen (secondary N) is 1. The molecule has 0 spiro atoms. The van der Waals surface area contributed by atoms with Crippen molar-refractivity contribution in [1.82, 2.24) is 0 Å². The van der Waals surface area contributed by atoms with E-state index in [1.54, 1.807) is 0 Å². The highest BCUT2D eigenvalue weighted by Crippen LogP contribution is 2.45. The molecule has 0 bridgehead atoms. The quantitative estimate of drug-likeness (QED) is 0.756. The van der Waals surface area contributed by atoms with Crippen LogP contribution >= 0.6 is 23.2 Å². The number of anilines is 1. The van der Waals surface area contributed by atoms with E-state index in [9.17, 15) is 9.90 Å². The predicted molar refractivity (Wildman–Crippen MR) is 60.7 cm³/mol. The molecule has 0 aliphatic carbocycles. The second kappa shape index (κ2) is 3.89. The zero-order valence-electron chi connectivity index (χ0n) is 8.13. The first kappa shape index (κ1) is 11.7. The predicted octanol–water partition coefficient (Wildman–Crippen LogP) is 1.52. The molecule has 86 valence electrons. The Morgan fingerprint density at radius 1 is 1.31 bits per heavy atom. The lowest BCUT2D eigenvalue weighted by molar-refractivity contribution is -0.135. The summed E-state index contributed by atoms with van der Waals surface area (Å²) in [5.74, 6) is -0.619. The SMILES string of the molecule is O=C1Nc2c(Cl)ccc(Cl)c2[C@@]1(O)CCO. The fraction of sp³-hybridized carbons (Fsp3) is 0.300. The normalized spacial score (nSPS) is 23.1. The Morgan fingerprint density at radius 3 is 2.56 bits per heavy atom. The molecule has 0 saturated heterocycles. The Bertz CT molecular complexity index is 464. The second-order valence-corrected chi connectivity index (χ2v) is 4.38. The van der Waals surface area contributed by atoms with Gasteiger partial charge < -0.3 is 15.5 Å². The van der Waals surface area contributed by atoms with Gasteiger partial charge in [-0.1, -0.05) is 23.2 Å². The first-order valence-corrected chi connectivity index (χ1v) is 5.39. The van der Waals surface area contributed by atoms with Gasteiger partial charge >= 0.3 is 0 Å². The second-order valence-electron chi connectivity index (χ2n) is 3.57. The summed E-state index contributed by atoms with van der Waals surface area (Å²) in [4.78, 5) is 11.7. The monoisotopic (exact) mass is 261 g/mol. The zero-order chi connectivity index (χ0) is 11.9. The maximum atomic E-state index is 11.7. The van der Waals surface area contributed by atoms with Gasteiger partial charge in [0.25, 0.3) is 5.91 Å². The highest BCUT2D eigenvalue weighted by atomic mass is 35.5. The lowest BCUT2D eigenvalue weighted by atomic mass is 9.92. The number of hydrogen-bond donors (Lipinski definition) is 3. The van der Waals surface area contributed by atoms with Gasteiger partial charge in [0.15, 0.2) is 5.60 Å². The van der Waals surface area contributed by atoms with Crippen molar-refractivity contribution in [2.75, 3.05) is 11.9 Å². The Kier molecular flexibility index (Phi) is 2.84. The molecular weight excluding hydrogens is 253 g/mol. The summed E-state index contributed by atoms with van der Waals surface area (Å²) >= 11 is 11.8. The highest BCUT2D eigenvalue weighted by Gasteiger charge is 2.47. The average Bonchev–Trinajstić information content (AvgIpc) is 2.48. The van der Waals surface area contributed by atoms with Crippen LogP contribution < -0.4 is 5.32 Å². The molecule has 1 aromatic rings. The largest absolute Gasteiger partial charge is 0.396 e. The summed E-state index contributed by atoms with van der Waals surface area (Å²) in [6.07, 6.45) is -0.119. The number of fused-ring (bicyclic) bond motifs is 1. The topological polar surface area (TPSA) is 69.6 Å². The summed E-state index contributed by atoms with van der Waals surface area (Å²) in [5.41, 5.74) is -1.25. The molecular formula is C10H9Cl2NO3. The van der Waals surface area contributed by atoms with E-state index in [0.717, 1.165) is 0 Å². The van der Waals surface area contributed by atoms with Crippen molar-refractivity contribution in [1.29, 1.82) is 0 Å². The van der Waals surface area contributed by atoms with Crippen molar-refractivity contribution in [3.63, 3.8) is 0 Å². The van der Waals surface area contributed by atoms with Crippen LogP contribution in [0.5, 0.6) is 0 Å². The molecule has 1 heterocycles. The Morgan fingerprint density at radius 2 is 1.94 bits per heavy atom. The fourth-order valence-electron chi connectivity index (χ4n) is 1.81. The molecule has 6 heteroatoms. The fourth-order valence-corrected chi connectivity index (χ4v) is 2.33. The van der Waals surface area contributed by atoms with Gasteiger partial charge in [-0.25, -0.2) is 0 Å². The molecule has 3 N–H and O–H groups in total. The van der Waals surface area contributed by atoms with Crippen molar-refractivity contribution in [3.8, 4) is 0 Å². The maximum Gasteiger partial charge on any atom is 0.261 e. The highest BCUT2D eigenvalue weighted by molar-refractivity contribution is 6.38. The van der Waals surface area contributed by atoms with Gasteiger partial charge in [-0.3, -0.25) is 4.79 Å². The molecule has 0 aromatic heterocycles. The summed E-state index contributed by atoms with van der Waals surface area (Å²) in [7, 11) is 0. The molecule has 1 aliphatic heterocycles. The third-order valence-electron chi connectivity index (χ3n) is 2.60. The van der Waals surface area contributed by atoms with E-state index in [1.165, 1.54) is 12.1 Å². The molecule has 1 aliphatic rings. The van der Waals surface area contributed by atoms with Gasteiger partial charge in [-0.15, -0.1) is 0 Å². The van der Waals surface area contributed by atoms with Gasteiger partial charge in [0, 0.05) is 23.6 Å². The van der Waals surface area contributed by atoms with E-state index in [-0.39, 0.29) is 23.6 Å². The molecule has 16 heavy (non-hydrogen) atoms. The van der Waals surface area contributed by atoms with E-state index in [0.29, 0.717) is 10.7 Å². The number of halogens is 2. The number of carbonyl (C=O) groups excluding carboxylic acids is 1. The zero-order valence-corrected chi connectivity index (χ0v) is 9.64.